The fraction of sp³-hybridized carbons (Fsp3) is 0.261. The van der Waals surface area contributed by atoms with Crippen molar-refractivity contribution in [1.82, 2.24) is 19.9 Å². The van der Waals surface area contributed by atoms with Gasteiger partial charge in [-0.3, -0.25) is 9.59 Å². The van der Waals surface area contributed by atoms with Crippen LogP contribution in [0.1, 0.15) is 12.5 Å². The van der Waals surface area contributed by atoms with Gasteiger partial charge in [0.25, 0.3) is 5.56 Å². The number of H-pyrrole nitrogens is 1. The summed E-state index contributed by atoms with van der Waals surface area (Å²) in [4.78, 5) is 32.7. The van der Waals surface area contributed by atoms with Crippen molar-refractivity contribution in [3.8, 4) is 5.75 Å². The lowest BCUT2D eigenvalue weighted by Crippen LogP contribution is -2.28. The molecule has 0 bridgehead atoms. The van der Waals surface area contributed by atoms with Crippen molar-refractivity contribution in [2.45, 2.75) is 24.9 Å². The van der Waals surface area contributed by atoms with E-state index in [4.69, 9.17) is 4.74 Å². The Kier molecular flexibility index (Phi) is 6.27. The van der Waals surface area contributed by atoms with Gasteiger partial charge in [0, 0.05) is 30.2 Å². The van der Waals surface area contributed by atoms with Crippen LogP contribution in [-0.4, -0.2) is 39.8 Å². The van der Waals surface area contributed by atoms with Gasteiger partial charge in [0.15, 0.2) is 5.03 Å². The van der Waals surface area contributed by atoms with Gasteiger partial charge >= 0.3 is 0 Å². The average molecular weight is 437 g/mol. The number of rotatable bonds is 8. The highest BCUT2D eigenvalue weighted by Gasteiger charge is 2.12. The predicted octanol–water partition coefficient (Wildman–Crippen LogP) is 3.36. The third-order valence-corrected chi connectivity index (χ3v) is 6.12. The Balaban J connectivity index is 1.37. The largest absolute Gasteiger partial charge is 0.497 e. The number of hydrogen-bond acceptors (Lipinski definition) is 5. The van der Waals surface area contributed by atoms with Gasteiger partial charge in [-0.2, -0.15) is 0 Å². The van der Waals surface area contributed by atoms with Crippen LogP contribution in [0, 0.1) is 0 Å². The summed E-state index contributed by atoms with van der Waals surface area (Å²) < 4.78 is 6.99. The van der Waals surface area contributed by atoms with Gasteiger partial charge in [-0.25, -0.2) is 4.98 Å². The topological polar surface area (TPSA) is 89.0 Å². The fourth-order valence-corrected chi connectivity index (χ4v) is 4.36. The molecule has 31 heavy (non-hydrogen) atoms. The molecule has 2 aromatic heterocycles. The van der Waals surface area contributed by atoms with E-state index in [1.54, 1.807) is 11.7 Å². The summed E-state index contributed by atoms with van der Waals surface area (Å²) in [5, 5.41) is 4.36. The van der Waals surface area contributed by atoms with Gasteiger partial charge in [-0.05, 0) is 49.2 Å². The summed E-state index contributed by atoms with van der Waals surface area (Å²) in [6.45, 7) is 2.99. The minimum absolute atomic E-state index is 0.125. The summed E-state index contributed by atoms with van der Waals surface area (Å²) in [5.41, 5.74) is 3.55. The first-order valence-electron chi connectivity index (χ1n) is 10.1. The molecule has 0 aliphatic heterocycles. The Morgan fingerprint density at radius 3 is 2.90 bits per heavy atom. The molecule has 0 atom stereocenters. The lowest BCUT2D eigenvalue weighted by atomic mass is 10.1. The quantitative estimate of drug-likeness (QED) is 0.414. The van der Waals surface area contributed by atoms with Crippen molar-refractivity contribution in [3.05, 3.63) is 64.6 Å². The minimum atomic E-state index is -0.160. The maximum Gasteiger partial charge on any atom is 0.283 e. The molecular weight excluding hydrogens is 412 g/mol. The monoisotopic (exact) mass is 436 g/mol. The van der Waals surface area contributed by atoms with Gasteiger partial charge in [-0.1, -0.05) is 23.9 Å². The van der Waals surface area contributed by atoms with E-state index < -0.39 is 0 Å². The zero-order chi connectivity index (χ0) is 21.8. The van der Waals surface area contributed by atoms with Crippen LogP contribution in [0.2, 0.25) is 0 Å². The van der Waals surface area contributed by atoms with E-state index in [0.717, 1.165) is 33.2 Å². The smallest absolute Gasteiger partial charge is 0.283 e. The Bertz CT molecular complexity index is 1300. The number of carbonyl (C=O) groups excluding carboxylic acids is 1. The van der Waals surface area contributed by atoms with E-state index >= 15 is 0 Å². The molecule has 1 amide bonds. The van der Waals surface area contributed by atoms with Crippen molar-refractivity contribution in [3.63, 3.8) is 0 Å². The standard InChI is InChI=1S/C23H24N4O3S/c1-3-27-20-7-5-4-6-19(20)26-22(23(27)29)31-14-21(28)24-11-10-15-13-25-18-9-8-16(30-2)12-17(15)18/h4-9,12-13,25H,3,10-11,14H2,1-2H3,(H,24,28). The van der Waals surface area contributed by atoms with Crippen LogP contribution in [0.4, 0.5) is 0 Å². The van der Waals surface area contributed by atoms with Gasteiger partial charge in [-0.15, -0.1) is 0 Å². The number of amides is 1. The van der Waals surface area contributed by atoms with Gasteiger partial charge in [0.05, 0.1) is 23.9 Å². The maximum atomic E-state index is 12.7. The lowest BCUT2D eigenvalue weighted by Gasteiger charge is -2.10. The first-order chi connectivity index (χ1) is 15.1. The SMILES string of the molecule is CCn1c(=O)c(SCC(=O)NCCc2c[nH]c3ccc(OC)cc23)nc2ccccc21. The van der Waals surface area contributed by atoms with E-state index in [1.165, 1.54) is 11.8 Å². The third kappa shape index (κ3) is 4.44. The number of hydrogen-bond donors (Lipinski definition) is 2. The Hall–Kier alpha value is -3.26. The van der Waals surface area contributed by atoms with Gasteiger partial charge < -0.3 is 19.6 Å². The van der Waals surface area contributed by atoms with E-state index in [2.05, 4.69) is 15.3 Å². The molecule has 2 N–H and O–H groups in total. The fourth-order valence-electron chi connectivity index (χ4n) is 3.59. The zero-order valence-corrected chi connectivity index (χ0v) is 18.3. The molecule has 0 saturated carbocycles. The number of methoxy groups -OCH3 is 1. The number of nitrogens with one attached hydrogen (secondary N) is 2. The first-order valence-corrected chi connectivity index (χ1v) is 11.1. The van der Waals surface area contributed by atoms with Gasteiger partial charge in [0.1, 0.15) is 5.75 Å². The average Bonchev–Trinajstić information content (AvgIpc) is 3.20. The molecule has 7 nitrogen and oxygen atoms in total. The highest BCUT2D eigenvalue weighted by molar-refractivity contribution is 7.99. The molecule has 8 heteroatoms. The summed E-state index contributed by atoms with van der Waals surface area (Å²) in [6.07, 6.45) is 2.65. The Morgan fingerprint density at radius 1 is 1.26 bits per heavy atom. The number of fused-ring (bicyclic) bond motifs is 2. The van der Waals surface area contributed by atoms with E-state index in [9.17, 15) is 9.59 Å². The maximum absolute atomic E-state index is 12.7. The van der Waals surface area contributed by atoms with E-state index in [0.29, 0.717) is 24.5 Å². The van der Waals surface area contributed by atoms with Crippen molar-refractivity contribution in [2.24, 2.45) is 0 Å². The second-order valence-corrected chi connectivity index (χ2v) is 8.03. The molecule has 2 aromatic carbocycles. The molecule has 0 aliphatic rings. The molecule has 160 valence electrons. The normalized spacial score (nSPS) is 11.2. The molecule has 0 fully saturated rings. The minimum Gasteiger partial charge on any atom is -0.497 e. The lowest BCUT2D eigenvalue weighted by molar-refractivity contribution is -0.118. The van der Waals surface area contributed by atoms with Crippen LogP contribution >= 0.6 is 11.8 Å². The molecule has 0 aliphatic carbocycles. The number of aromatic amines is 1. The van der Waals surface area contributed by atoms with Crippen LogP contribution in [0.15, 0.2) is 58.5 Å². The van der Waals surface area contributed by atoms with Crippen molar-refractivity contribution < 1.29 is 9.53 Å². The second kappa shape index (κ2) is 9.26. The van der Waals surface area contributed by atoms with Crippen LogP contribution in [-0.2, 0) is 17.8 Å². The Labute approximate surface area is 183 Å². The van der Waals surface area contributed by atoms with Crippen LogP contribution in [0.5, 0.6) is 5.75 Å². The molecular formula is C23H24N4O3S. The molecule has 0 unspecified atom stereocenters. The van der Waals surface area contributed by atoms with E-state index in [-0.39, 0.29) is 17.2 Å². The molecule has 0 radical (unpaired) electrons. The van der Waals surface area contributed by atoms with Crippen LogP contribution in [0.3, 0.4) is 0 Å². The molecule has 4 rings (SSSR count). The third-order valence-electron chi connectivity index (χ3n) is 5.17. The predicted molar refractivity (Wildman–Crippen MR) is 124 cm³/mol. The number of carbonyl (C=O) groups is 1. The van der Waals surface area contributed by atoms with Crippen molar-refractivity contribution >= 4 is 39.6 Å². The Morgan fingerprint density at radius 2 is 2.10 bits per heavy atom. The summed E-state index contributed by atoms with van der Waals surface area (Å²) in [7, 11) is 1.64. The summed E-state index contributed by atoms with van der Waals surface area (Å²) >= 11 is 1.18. The van der Waals surface area contributed by atoms with Gasteiger partial charge in [0.2, 0.25) is 5.91 Å². The number of thioether (sulfide) groups is 1. The highest BCUT2D eigenvalue weighted by Crippen LogP contribution is 2.23. The number of ether oxygens (including phenoxy) is 1. The van der Waals surface area contributed by atoms with Crippen molar-refractivity contribution in [1.29, 1.82) is 0 Å². The molecule has 0 saturated heterocycles. The summed E-state index contributed by atoms with van der Waals surface area (Å²) in [6, 6.07) is 13.4. The number of nitrogens with zero attached hydrogens (tertiary/aromatic N) is 2. The molecule has 2 heterocycles. The number of para-hydroxylation sites is 2. The number of aryl methyl sites for hydroxylation is 1. The second-order valence-electron chi connectivity index (χ2n) is 7.07. The first kappa shape index (κ1) is 21.0. The zero-order valence-electron chi connectivity index (χ0n) is 17.5. The number of benzene rings is 2. The molecule has 4 aromatic rings. The van der Waals surface area contributed by atoms with E-state index in [1.807, 2.05) is 55.6 Å². The van der Waals surface area contributed by atoms with Crippen LogP contribution in [0.25, 0.3) is 21.9 Å². The summed E-state index contributed by atoms with van der Waals surface area (Å²) in [5.74, 6) is 0.820. The van der Waals surface area contributed by atoms with Crippen LogP contribution < -0.4 is 15.6 Å². The highest BCUT2D eigenvalue weighted by atomic mass is 32.2. The number of aromatic nitrogens is 3. The molecule has 0 spiro atoms. The van der Waals surface area contributed by atoms with Crippen molar-refractivity contribution in [2.75, 3.05) is 19.4 Å².